The summed E-state index contributed by atoms with van der Waals surface area (Å²) in [6.07, 6.45) is -3.98. The summed E-state index contributed by atoms with van der Waals surface area (Å²) in [5.41, 5.74) is -0.736. The van der Waals surface area contributed by atoms with Gasteiger partial charge < -0.3 is 4.74 Å². The van der Waals surface area contributed by atoms with Crippen LogP contribution in [0.15, 0.2) is 18.2 Å². The molecule has 1 aromatic carbocycles. The van der Waals surface area contributed by atoms with E-state index in [9.17, 15) is 18.0 Å². The lowest BCUT2D eigenvalue weighted by Gasteiger charge is -2.09. The number of methoxy groups -OCH3 is 1. The highest BCUT2D eigenvalue weighted by atomic mass is 27.1. The second-order valence-corrected chi connectivity index (χ2v) is 8.15. The van der Waals surface area contributed by atoms with Crippen molar-refractivity contribution in [3.05, 3.63) is 29.3 Å². The highest BCUT2D eigenvalue weighted by Crippen LogP contribution is 2.32. The van der Waals surface area contributed by atoms with E-state index in [1.165, 1.54) is 17.7 Å². The summed E-state index contributed by atoms with van der Waals surface area (Å²) in [6.45, 7) is 9.31. The number of aldehydes is 1. The molecule has 0 unspecified atom stereocenters. The first-order valence-electron chi connectivity index (χ1n) is 7.82. The summed E-state index contributed by atoms with van der Waals surface area (Å²) in [6, 6.07) is 2.71. The molecule has 1 rings (SSSR count). The number of halogens is 3. The quantitative estimate of drug-likeness (QED) is 0.529. The number of hydrogen-bond acceptors (Lipinski definition) is 2. The van der Waals surface area contributed by atoms with Crippen molar-refractivity contribution in [2.45, 2.75) is 44.4 Å². The van der Waals surface area contributed by atoms with Crippen LogP contribution >= 0.6 is 0 Å². The molecular weight excluding hydrogens is 320 g/mol. The monoisotopic (exact) mass is 346 g/mol. The first kappa shape index (κ1) is 22.0. The van der Waals surface area contributed by atoms with E-state index in [0.29, 0.717) is 21.5 Å². The van der Waals surface area contributed by atoms with Crippen molar-refractivity contribution in [1.82, 2.24) is 0 Å². The molecule has 0 aliphatic carbocycles. The largest absolute Gasteiger partial charge is 0.496 e. The Morgan fingerprint density at radius 1 is 1.13 bits per heavy atom. The smallest absolute Gasteiger partial charge is 0.416 e. The van der Waals surface area contributed by atoms with Gasteiger partial charge in [-0.2, -0.15) is 13.2 Å². The molecule has 0 heterocycles. The molecule has 23 heavy (non-hydrogen) atoms. The summed E-state index contributed by atoms with van der Waals surface area (Å²) in [5, 5.41) is 3.08. The Hall–Kier alpha value is -0.988. The fraction of sp³-hybridized carbons (Fsp3) is 0.588. The number of ether oxygens (including phenoxy) is 1. The molecule has 0 aromatic heterocycles. The maximum absolute atomic E-state index is 12.2. The van der Waals surface area contributed by atoms with Crippen molar-refractivity contribution in [2.75, 3.05) is 7.11 Å². The molecule has 0 spiro atoms. The third kappa shape index (κ3) is 9.68. The summed E-state index contributed by atoms with van der Waals surface area (Å²) in [4.78, 5) is 10.4. The van der Waals surface area contributed by atoms with Gasteiger partial charge in [-0.05, 0) is 18.2 Å². The van der Waals surface area contributed by atoms with E-state index < -0.39 is 11.7 Å². The maximum atomic E-state index is 12.2. The van der Waals surface area contributed by atoms with Gasteiger partial charge in [0.1, 0.15) is 5.75 Å². The molecule has 0 fully saturated rings. The second-order valence-electron chi connectivity index (χ2n) is 6.29. The van der Waals surface area contributed by atoms with Crippen LogP contribution in [0.5, 0.6) is 5.75 Å². The Kier molecular flexibility index (Phi) is 10.3. The molecule has 0 atom stereocenters. The second kappa shape index (κ2) is 10.7. The van der Waals surface area contributed by atoms with Crippen molar-refractivity contribution >= 4 is 21.5 Å². The van der Waals surface area contributed by atoms with Crippen LogP contribution in [0.25, 0.3) is 0 Å². The maximum Gasteiger partial charge on any atom is 0.416 e. The number of rotatable bonds is 6. The Morgan fingerprint density at radius 3 is 2.00 bits per heavy atom. The van der Waals surface area contributed by atoms with Gasteiger partial charge in [0.05, 0.1) is 18.2 Å². The lowest BCUT2D eigenvalue weighted by atomic mass is 10.1. The summed E-state index contributed by atoms with van der Waals surface area (Å²) in [7, 11) is 1.21. The van der Waals surface area contributed by atoms with E-state index >= 15 is 0 Å². The average Bonchev–Trinajstić information content (AvgIpc) is 2.45. The molecule has 0 radical (unpaired) electrons. The zero-order chi connectivity index (χ0) is 18.0. The molecule has 2 nitrogen and oxygen atoms in total. The SMILES string of the molecule is CC(C)[CH2][AlH][CH2]C(C)C.COc1cc(C(F)(F)F)ccc1C=O. The molecule has 6 heteroatoms. The minimum absolute atomic E-state index is 0.0742. The van der Waals surface area contributed by atoms with Gasteiger partial charge in [-0.25, -0.2) is 0 Å². The zero-order valence-corrected chi connectivity index (χ0v) is 16.0. The zero-order valence-electron chi connectivity index (χ0n) is 14.5. The molecule has 0 amide bonds. The van der Waals surface area contributed by atoms with Crippen LogP contribution in [0.1, 0.15) is 43.6 Å². The lowest BCUT2D eigenvalue weighted by molar-refractivity contribution is -0.137. The Labute approximate surface area is 143 Å². The van der Waals surface area contributed by atoms with Crippen LogP contribution in [0.3, 0.4) is 0 Å². The summed E-state index contributed by atoms with van der Waals surface area (Å²) >= 11 is 0.316. The van der Waals surface area contributed by atoms with Gasteiger partial charge in [0.25, 0.3) is 0 Å². The van der Waals surface area contributed by atoms with E-state index in [1.807, 2.05) is 0 Å². The van der Waals surface area contributed by atoms with Gasteiger partial charge in [0.2, 0.25) is 15.2 Å². The molecule has 0 aliphatic rings. The number of hydrogen-bond donors (Lipinski definition) is 0. The minimum atomic E-state index is -4.42. The molecule has 0 aliphatic heterocycles. The molecule has 1 aromatic rings. The molecule has 130 valence electrons. The predicted molar refractivity (Wildman–Crippen MR) is 89.8 cm³/mol. The van der Waals surface area contributed by atoms with Gasteiger partial charge in [-0.1, -0.05) is 50.1 Å². The van der Waals surface area contributed by atoms with Gasteiger partial charge >= 0.3 is 6.18 Å². The average molecular weight is 346 g/mol. The Balaban J connectivity index is 0.000000468. The number of carbonyl (C=O) groups is 1. The minimum Gasteiger partial charge on any atom is -0.496 e. The van der Waals surface area contributed by atoms with Crippen LogP contribution in [-0.2, 0) is 6.18 Å². The number of benzene rings is 1. The van der Waals surface area contributed by atoms with Gasteiger partial charge in [-0.3, -0.25) is 4.79 Å². The van der Waals surface area contributed by atoms with Crippen LogP contribution < -0.4 is 4.74 Å². The number of carbonyl (C=O) groups excluding carboxylic acids is 1. The van der Waals surface area contributed by atoms with E-state index in [2.05, 4.69) is 32.4 Å². The van der Waals surface area contributed by atoms with Gasteiger partial charge in [0, 0.05) is 0 Å². The van der Waals surface area contributed by atoms with Crippen molar-refractivity contribution in [1.29, 1.82) is 0 Å². The highest BCUT2D eigenvalue weighted by molar-refractivity contribution is 6.35. The molecule has 0 N–H and O–H groups in total. The molecular formula is C17H26AlF3O2. The molecule has 0 saturated heterocycles. The standard InChI is InChI=1S/C9H7F3O2.2C4H9.Al.H/c1-14-8-4-7(9(10,11)12)3-2-6(8)5-13;2*1-4(2)3;;/h2-5H,1H3;2*4H,1H2,2-3H3;;. The first-order valence-corrected chi connectivity index (χ1v) is 9.82. The lowest BCUT2D eigenvalue weighted by Crippen LogP contribution is -2.05. The van der Waals surface area contributed by atoms with E-state index in [1.54, 1.807) is 0 Å². The fourth-order valence-corrected chi connectivity index (χ4v) is 3.79. The third-order valence-corrected chi connectivity index (χ3v) is 6.38. The number of alkyl halides is 3. The van der Waals surface area contributed by atoms with Crippen molar-refractivity contribution in [3.63, 3.8) is 0 Å². The fourth-order valence-electron chi connectivity index (χ4n) is 1.92. The Bertz CT molecular complexity index is 463. The van der Waals surface area contributed by atoms with E-state index in [0.717, 1.165) is 30.0 Å². The summed E-state index contributed by atoms with van der Waals surface area (Å²) < 4.78 is 41.2. The van der Waals surface area contributed by atoms with E-state index in [4.69, 9.17) is 0 Å². The van der Waals surface area contributed by atoms with Crippen LogP contribution in [-0.4, -0.2) is 28.6 Å². The van der Waals surface area contributed by atoms with Crippen LogP contribution in [0.2, 0.25) is 10.6 Å². The Morgan fingerprint density at radius 2 is 1.65 bits per heavy atom. The summed E-state index contributed by atoms with van der Waals surface area (Å²) in [5.74, 6) is 1.83. The van der Waals surface area contributed by atoms with E-state index in [-0.39, 0.29) is 11.3 Å². The van der Waals surface area contributed by atoms with Gasteiger partial charge in [0.15, 0.2) is 6.29 Å². The van der Waals surface area contributed by atoms with Crippen molar-refractivity contribution < 1.29 is 22.7 Å². The van der Waals surface area contributed by atoms with Crippen molar-refractivity contribution in [2.24, 2.45) is 11.8 Å². The van der Waals surface area contributed by atoms with Crippen LogP contribution in [0, 0.1) is 11.8 Å². The topological polar surface area (TPSA) is 26.3 Å². The molecule has 0 saturated carbocycles. The van der Waals surface area contributed by atoms with Crippen molar-refractivity contribution in [3.8, 4) is 5.75 Å². The van der Waals surface area contributed by atoms with Crippen LogP contribution in [0.4, 0.5) is 13.2 Å². The third-order valence-electron chi connectivity index (χ3n) is 3.25. The highest BCUT2D eigenvalue weighted by Gasteiger charge is 2.31. The molecule has 0 bridgehead atoms. The first-order chi connectivity index (χ1) is 10.6. The predicted octanol–water partition coefficient (Wildman–Crippen LogP) is 5.10. The normalized spacial score (nSPS) is 11.0. The van der Waals surface area contributed by atoms with Gasteiger partial charge in [-0.15, -0.1) is 0 Å².